The van der Waals surface area contributed by atoms with Gasteiger partial charge in [0.15, 0.2) is 5.78 Å². The van der Waals surface area contributed by atoms with Gasteiger partial charge in [-0.1, -0.05) is 31.2 Å². The second-order valence-corrected chi connectivity index (χ2v) is 6.32. The van der Waals surface area contributed by atoms with Crippen molar-refractivity contribution >= 4 is 5.78 Å². The van der Waals surface area contributed by atoms with Crippen LogP contribution in [0.2, 0.25) is 0 Å². The molecule has 4 heteroatoms. The van der Waals surface area contributed by atoms with Crippen LogP contribution in [0.15, 0.2) is 47.8 Å². The van der Waals surface area contributed by atoms with E-state index in [0.29, 0.717) is 13.0 Å². The Labute approximate surface area is 148 Å². The van der Waals surface area contributed by atoms with E-state index >= 15 is 0 Å². The highest BCUT2D eigenvalue weighted by molar-refractivity contribution is 6.03. The van der Waals surface area contributed by atoms with Gasteiger partial charge in [0.25, 0.3) is 0 Å². The van der Waals surface area contributed by atoms with Gasteiger partial charge >= 0.3 is 0 Å². The fourth-order valence-electron chi connectivity index (χ4n) is 3.20. The Morgan fingerprint density at radius 1 is 1.32 bits per heavy atom. The summed E-state index contributed by atoms with van der Waals surface area (Å²) in [5.41, 5.74) is 3.95. The molecule has 1 aliphatic heterocycles. The lowest BCUT2D eigenvalue weighted by Gasteiger charge is -2.30. The Morgan fingerprint density at radius 2 is 2.16 bits per heavy atom. The van der Waals surface area contributed by atoms with E-state index in [4.69, 9.17) is 14.2 Å². The molecule has 4 nitrogen and oxygen atoms in total. The van der Waals surface area contributed by atoms with Crippen molar-refractivity contribution in [1.29, 1.82) is 0 Å². The van der Waals surface area contributed by atoms with E-state index in [0.717, 1.165) is 40.2 Å². The van der Waals surface area contributed by atoms with Crippen LogP contribution in [0.25, 0.3) is 0 Å². The minimum Gasteiger partial charge on any atom is -0.460 e. The molecule has 132 valence electrons. The summed E-state index contributed by atoms with van der Waals surface area (Å²) in [5.74, 6) is 1.51. The smallest absolute Gasteiger partial charge is 0.173 e. The van der Waals surface area contributed by atoms with Gasteiger partial charge in [0.1, 0.15) is 18.3 Å². The van der Waals surface area contributed by atoms with Crippen molar-refractivity contribution < 1.29 is 19.0 Å². The second kappa shape index (κ2) is 7.81. The molecule has 0 fully saturated rings. The van der Waals surface area contributed by atoms with Crippen LogP contribution in [-0.4, -0.2) is 19.7 Å². The van der Waals surface area contributed by atoms with Crippen LogP contribution < -0.4 is 4.74 Å². The lowest BCUT2D eigenvalue weighted by atomic mass is 9.83. The first kappa shape index (κ1) is 17.6. The summed E-state index contributed by atoms with van der Waals surface area (Å²) in [6.45, 7) is 4.82. The number of methoxy groups -OCH3 is 1. The summed E-state index contributed by atoms with van der Waals surface area (Å²) >= 11 is 0. The van der Waals surface area contributed by atoms with Gasteiger partial charge < -0.3 is 14.2 Å². The quantitative estimate of drug-likeness (QED) is 0.579. The zero-order chi connectivity index (χ0) is 17.8. The number of hydrogen-bond acceptors (Lipinski definition) is 4. The Bertz CT molecular complexity index is 755. The molecule has 0 bridgehead atoms. The zero-order valence-electron chi connectivity index (χ0n) is 15.0. The van der Waals surface area contributed by atoms with Crippen LogP contribution >= 0.6 is 0 Å². The molecule has 2 aliphatic rings. The molecule has 1 heterocycles. The molecule has 3 rings (SSSR count). The average molecular weight is 340 g/mol. The maximum atomic E-state index is 12.7. The molecule has 1 aliphatic carbocycles. The van der Waals surface area contributed by atoms with Crippen LogP contribution in [0.5, 0.6) is 5.75 Å². The first-order valence-electron chi connectivity index (χ1n) is 8.64. The van der Waals surface area contributed by atoms with E-state index in [1.165, 1.54) is 0 Å². The molecule has 1 aromatic carbocycles. The van der Waals surface area contributed by atoms with Crippen molar-refractivity contribution in [3.8, 4) is 5.75 Å². The van der Waals surface area contributed by atoms with Gasteiger partial charge in [-0.2, -0.15) is 0 Å². The van der Waals surface area contributed by atoms with E-state index in [1.54, 1.807) is 7.11 Å². The number of carbonyl (C=O) groups is 1. The largest absolute Gasteiger partial charge is 0.460 e. The lowest BCUT2D eigenvalue weighted by molar-refractivity contribution is -0.118. The highest BCUT2D eigenvalue weighted by Gasteiger charge is 2.34. The van der Waals surface area contributed by atoms with Gasteiger partial charge in [-0.15, -0.1) is 0 Å². The molecule has 25 heavy (non-hydrogen) atoms. The third-order valence-corrected chi connectivity index (χ3v) is 4.61. The van der Waals surface area contributed by atoms with E-state index in [2.05, 4.69) is 6.92 Å². The topological polar surface area (TPSA) is 44.8 Å². The van der Waals surface area contributed by atoms with Gasteiger partial charge in [-0.05, 0) is 48.6 Å². The standard InChI is InChI=1S/C21H24O4/c1-4-5-6-15-9-10-19-18(20(15)22)11-16-7-8-17(12-24-13-23-3)14(2)21(16)25-19/h5-10,18H,4,11-13H2,1-3H3/b6-5+. The summed E-state index contributed by atoms with van der Waals surface area (Å²) in [6, 6.07) is 4.08. The SMILES string of the molecule is CC/C=C/C1=CC=C2Oc3c(ccc(COCOC)c3C)CC2C1=O. The summed E-state index contributed by atoms with van der Waals surface area (Å²) in [5, 5.41) is 0. The van der Waals surface area contributed by atoms with Gasteiger partial charge in [0.05, 0.1) is 12.5 Å². The van der Waals surface area contributed by atoms with E-state index in [1.807, 2.05) is 43.4 Å². The molecule has 0 spiro atoms. The van der Waals surface area contributed by atoms with Crippen molar-refractivity contribution in [2.24, 2.45) is 5.92 Å². The zero-order valence-corrected chi connectivity index (χ0v) is 15.0. The van der Waals surface area contributed by atoms with E-state index in [-0.39, 0.29) is 18.5 Å². The number of ether oxygens (including phenoxy) is 3. The number of benzene rings is 1. The average Bonchev–Trinajstić information content (AvgIpc) is 2.62. The molecule has 0 saturated heterocycles. The summed E-state index contributed by atoms with van der Waals surface area (Å²) < 4.78 is 16.5. The first-order chi connectivity index (χ1) is 12.2. The molecule has 0 aromatic heterocycles. The normalized spacial score (nSPS) is 19.2. The predicted octanol–water partition coefficient (Wildman–Crippen LogP) is 4.03. The monoisotopic (exact) mass is 340 g/mol. The number of ketones is 1. The molecule has 0 saturated carbocycles. The number of carbonyl (C=O) groups excluding carboxylic acids is 1. The minimum atomic E-state index is -0.219. The van der Waals surface area contributed by atoms with Gasteiger partial charge in [0, 0.05) is 12.7 Å². The van der Waals surface area contributed by atoms with E-state index in [9.17, 15) is 4.79 Å². The van der Waals surface area contributed by atoms with Crippen molar-refractivity contribution in [3.05, 3.63) is 64.5 Å². The lowest BCUT2D eigenvalue weighted by Crippen LogP contribution is -2.29. The maximum Gasteiger partial charge on any atom is 0.173 e. The summed E-state index contributed by atoms with van der Waals surface area (Å²) in [7, 11) is 1.60. The summed E-state index contributed by atoms with van der Waals surface area (Å²) in [4.78, 5) is 12.7. The fourth-order valence-corrected chi connectivity index (χ4v) is 3.20. The number of hydrogen-bond donors (Lipinski definition) is 0. The number of Topliss-reactive ketones (excluding diaryl/α,β-unsaturated/α-hetero) is 1. The molecule has 1 aromatic rings. The Hall–Kier alpha value is -2.17. The van der Waals surface area contributed by atoms with Crippen LogP contribution in [-0.2, 0) is 27.3 Å². The summed E-state index contributed by atoms with van der Waals surface area (Å²) in [6.07, 6.45) is 9.29. The van der Waals surface area contributed by atoms with Crippen LogP contribution in [0.3, 0.4) is 0 Å². The molecular weight excluding hydrogens is 316 g/mol. The third kappa shape index (κ3) is 3.60. The highest BCUT2D eigenvalue weighted by Crippen LogP contribution is 2.39. The highest BCUT2D eigenvalue weighted by atomic mass is 16.7. The van der Waals surface area contributed by atoms with Gasteiger partial charge in [-0.25, -0.2) is 0 Å². The van der Waals surface area contributed by atoms with Crippen LogP contribution in [0, 0.1) is 12.8 Å². The molecule has 1 unspecified atom stereocenters. The fraction of sp³-hybridized carbons (Fsp3) is 0.381. The Balaban J connectivity index is 1.86. The van der Waals surface area contributed by atoms with Crippen molar-refractivity contribution in [2.75, 3.05) is 13.9 Å². The number of rotatable bonds is 6. The molecule has 0 N–H and O–H groups in total. The van der Waals surface area contributed by atoms with Crippen LogP contribution in [0.4, 0.5) is 0 Å². The number of fused-ring (bicyclic) bond motifs is 2. The Morgan fingerprint density at radius 3 is 2.92 bits per heavy atom. The molecular formula is C21H24O4. The second-order valence-electron chi connectivity index (χ2n) is 6.32. The van der Waals surface area contributed by atoms with Crippen molar-refractivity contribution in [3.63, 3.8) is 0 Å². The molecule has 0 radical (unpaired) electrons. The Kier molecular flexibility index (Phi) is 5.51. The first-order valence-corrected chi connectivity index (χ1v) is 8.64. The minimum absolute atomic E-state index is 0.137. The van der Waals surface area contributed by atoms with Crippen LogP contribution in [0.1, 0.15) is 30.0 Å². The van der Waals surface area contributed by atoms with Crippen molar-refractivity contribution in [2.45, 2.75) is 33.3 Å². The van der Waals surface area contributed by atoms with Crippen molar-refractivity contribution in [1.82, 2.24) is 0 Å². The maximum absolute atomic E-state index is 12.7. The van der Waals surface area contributed by atoms with Gasteiger partial charge in [0.2, 0.25) is 0 Å². The van der Waals surface area contributed by atoms with E-state index < -0.39 is 0 Å². The molecule has 1 atom stereocenters. The van der Waals surface area contributed by atoms with Gasteiger partial charge in [-0.3, -0.25) is 4.79 Å². The molecule has 0 amide bonds. The third-order valence-electron chi connectivity index (χ3n) is 4.61. The predicted molar refractivity (Wildman–Crippen MR) is 96.3 cm³/mol. The number of allylic oxidation sites excluding steroid dienone is 6.